The molecule has 0 amide bonds. The monoisotopic (exact) mass is 293 g/mol. The Morgan fingerprint density at radius 3 is 2.85 bits per heavy atom. The van der Waals surface area contributed by atoms with E-state index in [0.717, 1.165) is 31.1 Å². The van der Waals surface area contributed by atoms with Crippen LogP contribution in [0.2, 0.25) is 0 Å². The van der Waals surface area contributed by atoms with Crippen LogP contribution in [0.4, 0.5) is 5.13 Å². The maximum atomic E-state index is 4.80. The van der Waals surface area contributed by atoms with Crippen LogP contribution in [-0.4, -0.2) is 28.9 Å². The second-order valence-corrected chi connectivity index (χ2v) is 6.09. The minimum atomic E-state index is 0.839. The molecule has 2 aromatic heterocycles. The summed E-state index contributed by atoms with van der Waals surface area (Å²) in [5, 5.41) is 8.52. The summed E-state index contributed by atoms with van der Waals surface area (Å²) < 4.78 is 1.83. The van der Waals surface area contributed by atoms with Crippen LogP contribution >= 0.6 is 11.3 Å². The molecule has 0 unspecified atom stereocenters. The van der Waals surface area contributed by atoms with Crippen molar-refractivity contribution in [1.29, 1.82) is 0 Å². The number of hydrogen-bond acceptors (Lipinski definition) is 5. The average Bonchev–Trinajstić information content (AvgIpc) is 2.98. The molecule has 0 bridgehead atoms. The van der Waals surface area contributed by atoms with Gasteiger partial charge in [0, 0.05) is 43.8 Å². The van der Waals surface area contributed by atoms with Crippen LogP contribution in [0.25, 0.3) is 0 Å². The van der Waals surface area contributed by atoms with Crippen LogP contribution in [0.3, 0.4) is 0 Å². The fourth-order valence-corrected chi connectivity index (χ4v) is 3.24. The molecular weight excluding hydrogens is 270 g/mol. The van der Waals surface area contributed by atoms with Crippen molar-refractivity contribution in [1.82, 2.24) is 20.1 Å². The molecule has 1 N–H and O–H groups in total. The lowest BCUT2D eigenvalue weighted by Gasteiger charge is -2.14. The maximum absolute atomic E-state index is 4.80. The number of nitrogens with zero attached hydrogens (tertiary/aromatic N) is 4. The number of aromatic nitrogens is 3. The molecule has 0 aliphatic carbocycles. The van der Waals surface area contributed by atoms with Crippen LogP contribution in [0.1, 0.15) is 29.5 Å². The predicted octanol–water partition coefficient (Wildman–Crippen LogP) is 2.18. The van der Waals surface area contributed by atoms with E-state index in [-0.39, 0.29) is 0 Å². The summed E-state index contributed by atoms with van der Waals surface area (Å²) in [6.07, 6.45) is 6.14. The quantitative estimate of drug-likeness (QED) is 0.850. The number of aryl methyl sites for hydroxylation is 2. The second kappa shape index (κ2) is 6.85. The molecule has 0 spiro atoms. The Morgan fingerprint density at radius 1 is 1.45 bits per heavy atom. The zero-order valence-corrected chi connectivity index (χ0v) is 13.5. The van der Waals surface area contributed by atoms with Crippen molar-refractivity contribution in [2.45, 2.75) is 32.9 Å². The van der Waals surface area contributed by atoms with Crippen LogP contribution < -0.4 is 10.2 Å². The van der Waals surface area contributed by atoms with E-state index >= 15 is 0 Å². The molecule has 0 aliphatic heterocycles. The van der Waals surface area contributed by atoms with Crippen molar-refractivity contribution in [3.63, 3.8) is 0 Å². The number of anilines is 1. The van der Waals surface area contributed by atoms with Gasteiger partial charge in [0.05, 0.1) is 11.9 Å². The summed E-state index contributed by atoms with van der Waals surface area (Å²) in [7, 11) is 6.01. The van der Waals surface area contributed by atoms with Gasteiger partial charge in [0.15, 0.2) is 5.13 Å². The minimum Gasteiger partial charge on any atom is -0.347 e. The second-order valence-electron chi connectivity index (χ2n) is 5.02. The predicted molar refractivity (Wildman–Crippen MR) is 84.2 cm³/mol. The molecule has 0 aromatic carbocycles. The SMILES string of the molecule is CCCc1nc(N(C)Cc2cnn(C)c2)sc1CNC. The van der Waals surface area contributed by atoms with E-state index in [2.05, 4.69) is 29.3 Å². The lowest BCUT2D eigenvalue weighted by Crippen LogP contribution is -2.15. The van der Waals surface area contributed by atoms with Crippen molar-refractivity contribution in [3.05, 3.63) is 28.5 Å². The molecule has 2 heterocycles. The van der Waals surface area contributed by atoms with Gasteiger partial charge in [0.1, 0.15) is 0 Å². The van der Waals surface area contributed by atoms with E-state index < -0.39 is 0 Å². The highest BCUT2D eigenvalue weighted by Gasteiger charge is 2.13. The summed E-state index contributed by atoms with van der Waals surface area (Å²) in [6.45, 7) is 3.93. The first-order chi connectivity index (χ1) is 9.63. The standard InChI is InChI=1S/C14H23N5S/c1-5-6-12-13(8-15-2)20-14(17-12)18(3)9-11-7-16-19(4)10-11/h7,10,15H,5-6,8-9H2,1-4H3. The molecule has 0 saturated heterocycles. The van der Waals surface area contributed by atoms with Crippen LogP contribution in [-0.2, 0) is 26.6 Å². The first-order valence-corrected chi connectivity index (χ1v) is 7.77. The van der Waals surface area contributed by atoms with Gasteiger partial charge in [-0.3, -0.25) is 4.68 Å². The van der Waals surface area contributed by atoms with Crippen molar-refractivity contribution >= 4 is 16.5 Å². The highest BCUT2D eigenvalue weighted by atomic mass is 32.1. The Bertz CT molecular complexity index is 522. The van der Waals surface area contributed by atoms with Gasteiger partial charge < -0.3 is 10.2 Å². The number of nitrogens with one attached hydrogen (secondary N) is 1. The summed E-state index contributed by atoms with van der Waals surface area (Å²) >= 11 is 1.78. The van der Waals surface area contributed by atoms with Crippen molar-refractivity contribution in [3.8, 4) is 0 Å². The van der Waals surface area contributed by atoms with Crippen LogP contribution in [0.5, 0.6) is 0 Å². The van der Waals surface area contributed by atoms with E-state index in [9.17, 15) is 0 Å². The third kappa shape index (κ3) is 3.58. The van der Waals surface area contributed by atoms with Crippen LogP contribution in [0.15, 0.2) is 12.4 Å². The minimum absolute atomic E-state index is 0.839. The topological polar surface area (TPSA) is 46.0 Å². The molecule has 110 valence electrons. The number of thiazole rings is 1. The zero-order chi connectivity index (χ0) is 14.5. The van der Waals surface area contributed by atoms with Crippen molar-refractivity contribution in [2.75, 3.05) is 19.0 Å². The van der Waals surface area contributed by atoms with Crippen molar-refractivity contribution in [2.24, 2.45) is 7.05 Å². The molecule has 6 heteroatoms. The van der Waals surface area contributed by atoms with Gasteiger partial charge in [0.25, 0.3) is 0 Å². The van der Waals surface area contributed by atoms with E-state index in [1.807, 2.05) is 31.2 Å². The van der Waals surface area contributed by atoms with Gasteiger partial charge in [-0.05, 0) is 13.5 Å². The smallest absolute Gasteiger partial charge is 0.185 e. The molecule has 0 atom stereocenters. The Hall–Kier alpha value is -1.40. The van der Waals surface area contributed by atoms with Gasteiger partial charge in [-0.2, -0.15) is 5.10 Å². The summed E-state index contributed by atoms with van der Waals surface area (Å²) in [5.41, 5.74) is 2.44. The molecular formula is C14H23N5S. The first-order valence-electron chi connectivity index (χ1n) is 6.95. The van der Waals surface area contributed by atoms with E-state index in [4.69, 9.17) is 4.98 Å². The average molecular weight is 293 g/mol. The first kappa shape index (κ1) is 15.0. The van der Waals surface area contributed by atoms with Gasteiger partial charge in [-0.1, -0.05) is 13.3 Å². The Labute approximate surface area is 124 Å². The zero-order valence-electron chi connectivity index (χ0n) is 12.7. The lowest BCUT2D eigenvalue weighted by molar-refractivity contribution is 0.766. The fraction of sp³-hybridized carbons (Fsp3) is 0.571. The molecule has 0 aliphatic rings. The van der Waals surface area contributed by atoms with E-state index in [0.29, 0.717) is 0 Å². The largest absolute Gasteiger partial charge is 0.347 e. The lowest BCUT2D eigenvalue weighted by atomic mass is 10.2. The van der Waals surface area contributed by atoms with Gasteiger partial charge in [-0.25, -0.2) is 4.98 Å². The summed E-state index contributed by atoms with van der Waals surface area (Å²) in [6, 6.07) is 0. The maximum Gasteiger partial charge on any atom is 0.185 e. The van der Waals surface area contributed by atoms with E-state index in [1.54, 1.807) is 11.3 Å². The molecule has 2 rings (SSSR count). The number of hydrogen-bond donors (Lipinski definition) is 1. The van der Waals surface area contributed by atoms with Gasteiger partial charge in [-0.15, -0.1) is 11.3 Å². The van der Waals surface area contributed by atoms with Crippen LogP contribution in [0, 0.1) is 0 Å². The highest BCUT2D eigenvalue weighted by Crippen LogP contribution is 2.27. The fourth-order valence-electron chi connectivity index (χ4n) is 2.16. The Kier molecular flexibility index (Phi) is 5.14. The Balaban J connectivity index is 2.12. The number of rotatable bonds is 7. The Morgan fingerprint density at radius 2 is 2.25 bits per heavy atom. The summed E-state index contributed by atoms with van der Waals surface area (Å²) in [5.74, 6) is 0. The summed E-state index contributed by atoms with van der Waals surface area (Å²) in [4.78, 5) is 8.34. The molecule has 5 nitrogen and oxygen atoms in total. The van der Waals surface area contributed by atoms with Gasteiger partial charge >= 0.3 is 0 Å². The molecule has 0 radical (unpaired) electrons. The molecule has 20 heavy (non-hydrogen) atoms. The molecule has 0 fully saturated rings. The molecule has 0 saturated carbocycles. The van der Waals surface area contributed by atoms with Crippen molar-refractivity contribution < 1.29 is 0 Å². The molecule has 2 aromatic rings. The third-order valence-corrected chi connectivity index (χ3v) is 4.31. The van der Waals surface area contributed by atoms with Gasteiger partial charge in [0.2, 0.25) is 0 Å². The normalized spacial score (nSPS) is 11.0. The highest BCUT2D eigenvalue weighted by molar-refractivity contribution is 7.15. The van der Waals surface area contributed by atoms with E-state index in [1.165, 1.54) is 16.1 Å². The third-order valence-electron chi connectivity index (χ3n) is 3.10.